The molecule has 10 atom stereocenters. The zero-order valence-corrected chi connectivity index (χ0v) is 27.5. The van der Waals surface area contributed by atoms with Crippen LogP contribution in [0.25, 0.3) is 0 Å². The van der Waals surface area contributed by atoms with Crippen LogP contribution >= 0.6 is 0 Å². The molecule has 1 aromatic carbocycles. The van der Waals surface area contributed by atoms with Gasteiger partial charge in [-0.15, -0.1) is 0 Å². The van der Waals surface area contributed by atoms with Crippen molar-refractivity contribution in [3.05, 3.63) is 35.9 Å². The van der Waals surface area contributed by atoms with Crippen molar-refractivity contribution in [2.24, 2.45) is 0 Å². The smallest absolute Gasteiger partial charge is 0.306 e. The highest BCUT2D eigenvalue weighted by atomic mass is 16.8. The SMILES string of the molecule is CCCCCCCC(=O)O[C@@H]1[C@H](OC(O)[C@H]2OC(C)(C)O[C@H]2[C@@H]2OC(C)(C)O[C@@H]2COCc2ccccc2)O[C@H](CO)[C@@H](O)[C@@H]1O. The summed E-state index contributed by atoms with van der Waals surface area (Å²) >= 11 is 0. The molecule has 0 aliphatic carbocycles. The second-order valence-electron chi connectivity index (χ2n) is 13.1. The molecule has 0 radical (unpaired) electrons. The van der Waals surface area contributed by atoms with Crippen LogP contribution in [0.4, 0.5) is 0 Å². The van der Waals surface area contributed by atoms with E-state index in [1.54, 1.807) is 27.7 Å². The number of aliphatic hydroxyl groups is 4. The number of hydrogen-bond acceptors (Lipinski definition) is 13. The Hall–Kier alpha value is -1.75. The molecule has 46 heavy (non-hydrogen) atoms. The fraction of sp³-hybridized carbons (Fsp3) is 0.788. The van der Waals surface area contributed by atoms with Gasteiger partial charge in [0.15, 0.2) is 24.0 Å². The maximum Gasteiger partial charge on any atom is 0.306 e. The molecule has 0 saturated carbocycles. The molecule has 1 aromatic rings. The van der Waals surface area contributed by atoms with E-state index in [4.69, 9.17) is 37.9 Å². The average molecular weight is 657 g/mol. The number of ether oxygens (including phenoxy) is 8. The molecule has 3 aliphatic rings. The topological polar surface area (TPSA) is 172 Å². The van der Waals surface area contributed by atoms with E-state index in [2.05, 4.69) is 6.92 Å². The second kappa shape index (κ2) is 16.6. The number of benzene rings is 1. The zero-order chi connectivity index (χ0) is 33.5. The third-order valence-corrected chi connectivity index (χ3v) is 8.23. The van der Waals surface area contributed by atoms with E-state index in [-0.39, 0.29) is 13.0 Å². The molecule has 13 heteroatoms. The fourth-order valence-electron chi connectivity index (χ4n) is 6.02. The predicted octanol–water partition coefficient (Wildman–Crippen LogP) is 2.29. The van der Waals surface area contributed by atoms with Crippen LogP contribution in [-0.4, -0.2) is 113 Å². The first-order chi connectivity index (χ1) is 21.8. The van der Waals surface area contributed by atoms with Gasteiger partial charge in [-0.1, -0.05) is 62.9 Å². The van der Waals surface area contributed by atoms with Gasteiger partial charge in [-0.2, -0.15) is 0 Å². The Morgan fingerprint density at radius 1 is 0.891 bits per heavy atom. The number of rotatable bonds is 16. The Bertz CT molecular complexity index is 1070. The lowest BCUT2D eigenvalue weighted by Crippen LogP contribution is -2.61. The van der Waals surface area contributed by atoms with Gasteiger partial charge in [-0.25, -0.2) is 0 Å². The summed E-state index contributed by atoms with van der Waals surface area (Å²) in [6.07, 6.45) is -8.01. The summed E-state index contributed by atoms with van der Waals surface area (Å²) in [5, 5.41) is 42.5. The maximum absolute atomic E-state index is 12.7. The molecule has 13 nitrogen and oxygen atoms in total. The van der Waals surface area contributed by atoms with E-state index in [1.165, 1.54) is 0 Å². The second-order valence-corrected chi connectivity index (χ2v) is 13.1. The molecule has 4 rings (SSSR count). The summed E-state index contributed by atoms with van der Waals surface area (Å²) in [6, 6.07) is 9.69. The lowest BCUT2D eigenvalue weighted by atomic mass is 9.98. The minimum atomic E-state index is -1.74. The zero-order valence-electron chi connectivity index (χ0n) is 27.5. The number of esters is 1. The Kier molecular flexibility index (Phi) is 13.4. The van der Waals surface area contributed by atoms with Crippen molar-refractivity contribution in [1.82, 2.24) is 0 Å². The molecule has 0 bridgehead atoms. The van der Waals surface area contributed by atoms with Crippen molar-refractivity contribution in [3.8, 4) is 0 Å². The van der Waals surface area contributed by atoms with Crippen molar-refractivity contribution in [2.45, 2.75) is 153 Å². The molecule has 0 aromatic heterocycles. The third kappa shape index (κ3) is 9.89. The number of hydrogen-bond donors (Lipinski definition) is 4. The summed E-state index contributed by atoms with van der Waals surface area (Å²) in [5.74, 6) is -2.76. The fourth-order valence-corrected chi connectivity index (χ4v) is 6.02. The van der Waals surface area contributed by atoms with Crippen molar-refractivity contribution >= 4 is 5.97 Å². The molecule has 4 N–H and O–H groups in total. The first kappa shape index (κ1) is 37.1. The van der Waals surface area contributed by atoms with Crippen LogP contribution in [0.2, 0.25) is 0 Å². The highest BCUT2D eigenvalue weighted by Gasteiger charge is 2.57. The normalized spacial score (nSPS) is 34.4. The molecule has 1 unspecified atom stereocenters. The van der Waals surface area contributed by atoms with Crippen LogP contribution in [0, 0.1) is 0 Å². The van der Waals surface area contributed by atoms with Gasteiger partial charge in [0, 0.05) is 6.42 Å². The van der Waals surface area contributed by atoms with Gasteiger partial charge in [0.1, 0.15) is 42.7 Å². The molecule has 0 amide bonds. The first-order valence-electron chi connectivity index (χ1n) is 16.3. The molecule has 3 heterocycles. The number of carbonyl (C=O) groups excluding carboxylic acids is 1. The van der Waals surface area contributed by atoms with E-state index in [0.717, 1.165) is 31.2 Å². The van der Waals surface area contributed by atoms with Crippen LogP contribution in [-0.2, 0) is 49.3 Å². The lowest BCUT2D eigenvalue weighted by Gasteiger charge is -2.42. The Morgan fingerprint density at radius 2 is 1.57 bits per heavy atom. The average Bonchev–Trinajstić information content (AvgIpc) is 3.51. The van der Waals surface area contributed by atoms with Gasteiger partial charge < -0.3 is 58.3 Å². The van der Waals surface area contributed by atoms with E-state index < -0.39 is 85.6 Å². The summed E-state index contributed by atoms with van der Waals surface area (Å²) < 4.78 is 47.7. The maximum atomic E-state index is 12.7. The summed E-state index contributed by atoms with van der Waals surface area (Å²) in [5.41, 5.74) is 0.994. The molecule has 0 spiro atoms. The van der Waals surface area contributed by atoms with Crippen molar-refractivity contribution in [1.29, 1.82) is 0 Å². The quantitative estimate of drug-likeness (QED) is 0.116. The predicted molar refractivity (Wildman–Crippen MR) is 162 cm³/mol. The minimum Gasteiger partial charge on any atom is -0.454 e. The van der Waals surface area contributed by atoms with Crippen molar-refractivity contribution < 1.29 is 63.1 Å². The van der Waals surface area contributed by atoms with E-state index in [0.29, 0.717) is 13.0 Å². The first-order valence-corrected chi connectivity index (χ1v) is 16.3. The minimum absolute atomic E-state index is 0.0973. The molecular weight excluding hydrogens is 604 g/mol. The van der Waals surface area contributed by atoms with Gasteiger partial charge in [0.2, 0.25) is 6.29 Å². The monoisotopic (exact) mass is 656 g/mol. The van der Waals surface area contributed by atoms with Gasteiger partial charge in [-0.3, -0.25) is 4.79 Å². The summed E-state index contributed by atoms with van der Waals surface area (Å²) in [4.78, 5) is 12.7. The molecule has 3 fully saturated rings. The van der Waals surface area contributed by atoms with Gasteiger partial charge in [0.25, 0.3) is 0 Å². The van der Waals surface area contributed by atoms with Crippen molar-refractivity contribution in [2.75, 3.05) is 13.2 Å². The van der Waals surface area contributed by atoms with Gasteiger partial charge in [-0.05, 0) is 39.7 Å². The van der Waals surface area contributed by atoms with Crippen molar-refractivity contribution in [3.63, 3.8) is 0 Å². The van der Waals surface area contributed by atoms with E-state index in [9.17, 15) is 25.2 Å². The third-order valence-electron chi connectivity index (χ3n) is 8.23. The Morgan fingerprint density at radius 3 is 2.26 bits per heavy atom. The largest absolute Gasteiger partial charge is 0.454 e. The van der Waals surface area contributed by atoms with E-state index in [1.807, 2.05) is 30.3 Å². The summed E-state index contributed by atoms with van der Waals surface area (Å²) in [6.45, 7) is 8.85. The molecule has 3 aliphatic heterocycles. The molecule has 3 saturated heterocycles. The van der Waals surface area contributed by atoms with Crippen LogP contribution in [0.3, 0.4) is 0 Å². The Labute approximate surface area is 271 Å². The highest BCUT2D eigenvalue weighted by Crippen LogP contribution is 2.40. The van der Waals surface area contributed by atoms with Crippen LogP contribution in [0.5, 0.6) is 0 Å². The van der Waals surface area contributed by atoms with Crippen LogP contribution in [0.1, 0.15) is 78.7 Å². The number of carbonyl (C=O) groups is 1. The lowest BCUT2D eigenvalue weighted by molar-refractivity contribution is -0.345. The highest BCUT2D eigenvalue weighted by molar-refractivity contribution is 5.69. The number of unbranched alkanes of at least 4 members (excludes halogenated alkanes) is 4. The van der Waals surface area contributed by atoms with Crippen LogP contribution < -0.4 is 0 Å². The van der Waals surface area contributed by atoms with Gasteiger partial charge in [0.05, 0.1) is 19.8 Å². The standard InChI is InChI=1S/C33H52O13/c1-6-7-8-9-13-16-23(35)41-27-25(37)24(36)21(17-34)40-31(27)42-30(38)29-28(45-33(4,5)46-29)26-22(43-32(2,3)44-26)19-39-18-20-14-11-10-12-15-20/h10-12,14-15,21-22,24-31,34,36-38H,6-9,13,16-19H2,1-5H3/t21-,22-,24-,25+,26-,27+,28+,29+,30?,31+/m1/s1. The van der Waals surface area contributed by atoms with Crippen LogP contribution in [0.15, 0.2) is 30.3 Å². The Balaban J connectivity index is 1.45. The number of aliphatic hydroxyl groups excluding tert-OH is 4. The molecule has 262 valence electrons. The summed E-state index contributed by atoms with van der Waals surface area (Å²) in [7, 11) is 0. The van der Waals surface area contributed by atoms with E-state index >= 15 is 0 Å². The molecular formula is C33H52O13. The van der Waals surface area contributed by atoms with Gasteiger partial charge >= 0.3 is 5.97 Å².